The van der Waals surface area contributed by atoms with Gasteiger partial charge in [-0.2, -0.15) is 0 Å². The summed E-state index contributed by atoms with van der Waals surface area (Å²) in [5.74, 6) is -0.759. The SMILES string of the molecule is CCN(CCOC(=O)Cc1ccccc1Nc1c(Cl)cccc1Cl)CCOC(=O)c1cc(Br)c(N)c(CN(CC)CC)c1. The van der Waals surface area contributed by atoms with Crippen LogP contribution < -0.4 is 11.1 Å². The number of benzene rings is 3. The normalized spacial score (nSPS) is 11.2. The van der Waals surface area contributed by atoms with E-state index >= 15 is 0 Å². The third-order valence-corrected chi connectivity index (χ3v) is 8.36. The molecular weight excluding hydrogens is 655 g/mol. The molecular formula is C32H39BrCl2N4O4. The van der Waals surface area contributed by atoms with Gasteiger partial charge in [0.05, 0.1) is 33.4 Å². The molecule has 0 atom stereocenters. The fraction of sp³-hybridized carbons (Fsp3) is 0.375. The molecule has 0 fully saturated rings. The first-order chi connectivity index (χ1) is 20.7. The summed E-state index contributed by atoms with van der Waals surface area (Å²) >= 11 is 16.1. The maximum absolute atomic E-state index is 12.8. The van der Waals surface area contributed by atoms with Gasteiger partial charge in [-0.15, -0.1) is 0 Å². The summed E-state index contributed by atoms with van der Waals surface area (Å²) in [7, 11) is 0. The third kappa shape index (κ3) is 10.4. The van der Waals surface area contributed by atoms with Crippen LogP contribution in [-0.4, -0.2) is 67.7 Å². The molecule has 0 aromatic heterocycles. The Kier molecular flexibility index (Phi) is 14.1. The maximum Gasteiger partial charge on any atom is 0.338 e. The quantitative estimate of drug-likeness (QED) is 0.120. The van der Waals surface area contributed by atoms with Crippen LogP contribution in [0.2, 0.25) is 10.0 Å². The lowest BCUT2D eigenvalue weighted by molar-refractivity contribution is -0.143. The Hall–Kier alpha value is -2.82. The van der Waals surface area contributed by atoms with Crippen LogP contribution in [0, 0.1) is 0 Å². The average molecular weight is 694 g/mol. The average Bonchev–Trinajstić information content (AvgIpc) is 2.99. The topological polar surface area (TPSA) is 97.1 Å². The van der Waals surface area contributed by atoms with Crippen molar-refractivity contribution in [3.05, 3.63) is 85.8 Å². The van der Waals surface area contributed by atoms with Gasteiger partial charge in [0.15, 0.2) is 0 Å². The van der Waals surface area contributed by atoms with Gasteiger partial charge < -0.3 is 20.5 Å². The minimum absolute atomic E-state index is 0.0857. The molecule has 3 aromatic carbocycles. The highest BCUT2D eigenvalue weighted by Crippen LogP contribution is 2.33. The lowest BCUT2D eigenvalue weighted by Crippen LogP contribution is -2.32. The number of hydrogen-bond donors (Lipinski definition) is 2. The highest BCUT2D eigenvalue weighted by atomic mass is 79.9. The summed E-state index contributed by atoms with van der Waals surface area (Å²) in [6.07, 6.45) is 0.0857. The Bertz CT molecular complexity index is 1370. The number of carbonyl (C=O) groups excluding carboxylic acids is 2. The van der Waals surface area contributed by atoms with E-state index in [0.717, 1.165) is 29.9 Å². The van der Waals surface area contributed by atoms with Crippen LogP contribution in [0.5, 0.6) is 0 Å². The zero-order valence-electron chi connectivity index (χ0n) is 24.8. The predicted octanol–water partition coefficient (Wildman–Crippen LogP) is 7.19. The Balaban J connectivity index is 1.47. The molecule has 0 unspecified atom stereocenters. The zero-order chi connectivity index (χ0) is 31.4. The number of nitrogens with two attached hydrogens (primary N) is 1. The number of halogens is 3. The van der Waals surface area contributed by atoms with Crippen molar-refractivity contribution < 1.29 is 19.1 Å². The summed E-state index contributed by atoms with van der Waals surface area (Å²) in [5, 5.41) is 4.20. The van der Waals surface area contributed by atoms with Crippen LogP contribution in [0.25, 0.3) is 0 Å². The van der Waals surface area contributed by atoms with E-state index in [1.807, 2.05) is 31.2 Å². The monoisotopic (exact) mass is 692 g/mol. The second-order valence-corrected chi connectivity index (χ2v) is 11.5. The fourth-order valence-corrected chi connectivity index (χ4v) is 5.43. The molecule has 3 aromatic rings. The van der Waals surface area contributed by atoms with Gasteiger partial charge in [0.25, 0.3) is 0 Å². The van der Waals surface area contributed by atoms with E-state index < -0.39 is 5.97 Å². The van der Waals surface area contributed by atoms with Crippen molar-refractivity contribution in [3.8, 4) is 0 Å². The van der Waals surface area contributed by atoms with Gasteiger partial charge in [-0.3, -0.25) is 14.6 Å². The van der Waals surface area contributed by atoms with Crippen molar-refractivity contribution in [2.24, 2.45) is 0 Å². The largest absolute Gasteiger partial charge is 0.464 e. The van der Waals surface area contributed by atoms with Crippen LogP contribution in [0.15, 0.2) is 59.1 Å². The standard InChI is InChI=1S/C32H39BrCl2N4O4/c1-4-38(5-2)21-24-18-23(19-25(33)30(24)36)32(41)43-17-15-39(6-3)14-16-42-29(40)20-22-10-7-8-13-28(22)37-31-26(34)11-9-12-27(31)35/h7-13,18-19,37H,4-6,14-17,20-21,36H2,1-3H3. The van der Waals surface area contributed by atoms with Gasteiger partial charge in [0, 0.05) is 29.8 Å². The Morgan fingerprint density at radius 3 is 2.14 bits per heavy atom. The molecule has 0 amide bonds. The number of nitrogens with zero attached hydrogens (tertiary/aromatic N) is 2. The van der Waals surface area contributed by atoms with Gasteiger partial charge in [-0.05, 0) is 77.0 Å². The van der Waals surface area contributed by atoms with Crippen molar-refractivity contribution in [1.82, 2.24) is 9.80 Å². The molecule has 0 saturated carbocycles. The lowest BCUT2D eigenvalue weighted by atomic mass is 10.1. The predicted molar refractivity (Wildman–Crippen MR) is 178 cm³/mol. The molecule has 232 valence electrons. The van der Waals surface area contributed by atoms with E-state index in [2.05, 4.69) is 44.9 Å². The Morgan fingerprint density at radius 2 is 1.49 bits per heavy atom. The minimum atomic E-state index is -0.408. The number of anilines is 3. The highest BCUT2D eigenvalue weighted by molar-refractivity contribution is 9.10. The van der Waals surface area contributed by atoms with Crippen molar-refractivity contribution in [3.63, 3.8) is 0 Å². The van der Waals surface area contributed by atoms with E-state index in [1.54, 1.807) is 30.3 Å². The number of hydrogen-bond acceptors (Lipinski definition) is 8. The first kappa shape index (κ1) is 34.7. The van der Waals surface area contributed by atoms with Crippen molar-refractivity contribution in [2.45, 2.75) is 33.7 Å². The molecule has 0 saturated heterocycles. The smallest absolute Gasteiger partial charge is 0.338 e. The van der Waals surface area contributed by atoms with Crippen molar-refractivity contribution in [1.29, 1.82) is 0 Å². The summed E-state index contributed by atoms with van der Waals surface area (Å²) < 4.78 is 11.8. The Morgan fingerprint density at radius 1 is 0.860 bits per heavy atom. The zero-order valence-corrected chi connectivity index (χ0v) is 27.9. The molecule has 11 heteroatoms. The van der Waals surface area contributed by atoms with E-state index in [4.69, 9.17) is 38.4 Å². The van der Waals surface area contributed by atoms with Crippen molar-refractivity contribution >= 4 is 68.1 Å². The molecule has 43 heavy (non-hydrogen) atoms. The van der Waals surface area contributed by atoms with E-state index in [0.29, 0.717) is 57.6 Å². The van der Waals surface area contributed by atoms with Crippen LogP contribution in [-0.2, 0) is 27.2 Å². The van der Waals surface area contributed by atoms with Crippen molar-refractivity contribution in [2.75, 3.05) is 57.0 Å². The highest BCUT2D eigenvalue weighted by Gasteiger charge is 2.16. The summed E-state index contributed by atoms with van der Waals surface area (Å²) in [5.41, 5.74) is 10.3. The first-order valence-electron chi connectivity index (χ1n) is 14.3. The fourth-order valence-electron chi connectivity index (χ4n) is 4.43. The van der Waals surface area contributed by atoms with Gasteiger partial charge in [-0.1, -0.05) is 68.2 Å². The number of rotatable bonds is 16. The number of esters is 2. The van der Waals surface area contributed by atoms with E-state index in [-0.39, 0.29) is 25.6 Å². The number of ether oxygens (including phenoxy) is 2. The summed E-state index contributed by atoms with van der Waals surface area (Å²) in [6.45, 7) is 10.7. The molecule has 0 aliphatic heterocycles. The number of nitrogen functional groups attached to an aromatic ring is 1. The second kappa shape index (κ2) is 17.5. The first-order valence-corrected chi connectivity index (χ1v) is 15.9. The van der Waals surface area contributed by atoms with E-state index in [1.165, 1.54) is 0 Å². The number of carbonyl (C=O) groups is 2. The van der Waals surface area contributed by atoms with Gasteiger partial charge in [0.1, 0.15) is 13.2 Å². The number of para-hydroxylation sites is 2. The van der Waals surface area contributed by atoms with Gasteiger partial charge in [-0.25, -0.2) is 4.79 Å². The molecule has 0 heterocycles. The maximum atomic E-state index is 12.8. The molecule has 0 bridgehead atoms. The molecule has 0 aliphatic rings. The van der Waals surface area contributed by atoms with Crippen LogP contribution in [0.4, 0.5) is 17.1 Å². The van der Waals surface area contributed by atoms with Gasteiger partial charge >= 0.3 is 11.9 Å². The van der Waals surface area contributed by atoms with E-state index in [9.17, 15) is 9.59 Å². The van der Waals surface area contributed by atoms with Crippen LogP contribution >= 0.6 is 39.1 Å². The number of nitrogens with one attached hydrogen (secondary N) is 1. The summed E-state index contributed by atoms with van der Waals surface area (Å²) in [4.78, 5) is 29.8. The second-order valence-electron chi connectivity index (χ2n) is 9.84. The molecule has 3 N–H and O–H groups in total. The number of likely N-dealkylation sites (N-methyl/N-ethyl adjacent to an activating group) is 1. The van der Waals surface area contributed by atoms with Crippen LogP contribution in [0.3, 0.4) is 0 Å². The Labute approximate surface area is 272 Å². The minimum Gasteiger partial charge on any atom is -0.464 e. The third-order valence-electron chi connectivity index (χ3n) is 7.07. The molecule has 0 radical (unpaired) electrons. The molecule has 0 aliphatic carbocycles. The lowest BCUT2D eigenvalue weighted by Gasteiger charge is -2.21. The van der Waals surface area contributed by atoms with Crippen LogP contribution in [0.1, 0.15) is 42.3 Å². The van der Waals surface area contributed by atoms with Gasteiger partial charge in [0.2, 0.25) is 0 Å². The summed E-state index contributed by atoms with van der Waals surface area (Å²) in [6, 6.07) is 16.2. The molecule has 8 nitrogen and oxygen atoms in total. The molecule has 3 rings (SSSR count). The molecule has 0 spiro atoms.